The maximum Gasteiger partial charge on any atom is 0.258 e. The van der Waals surface area contributed by atoms with Crippen LogP contribution in [0.2, 0.25) is 0 Å². The third kappa shape index (κ3) is 4.15. The van der Waals surface area contributed by atoms with Crippen molar-refractivity contribution in [3.8, 4) is 0 Å². The molecular formula is C5H12NO3PS. The average molecular weight is 197 g/mol. The molecule has 0 amide bonds. The van der Waals surface area contributed by atoms with Crippen molar-refractivity contribution in [3.63, 3.8) is 0 Å². The molecule has 11 heavy (non-hydrogen) atoms. The quantitative estimate of drug-likeness (QED) is 0.556. The van der Waals surface area contributed by atoms with Crippen LogP contribution in [0.3, 0.4) is 0 Å². The lowest BCUT2D eigenvalue weighted by Gasteiger charge is -2.25. The van der Waals surface area contributed by atoms with Crippen LogP contribution in [-0.2, 0) is 16.5 Å². The van der Waals surface area contributed by atoms with Gasteiger partial charge in [0.2, 0.25) is 0 Å². The maximum absolute atomic E-state index is 8.86. The molecule has 0 radical (unpaired) electrons. The van der Waals surface area contributed by atoms with Crippen molar-refractivity contribution < 1.29 is 14.5 Å². The molecular weight excluding hydrogens is 185 g/mol. The van der Waals surface area contributed by atoms with Gasteiger partial charge in [-0.25, -0.2) is 5.09 Å². The largest absolute Gasteiger partial charge is 0.363 e. The third-order valence-electron chi connectivity index (χ3n) is 1.49. The first-order chi connectivity index (χ1) is 5.08. The first kappa shape index (κ1) is 9.58. The fraction of sp³-hybridized carbons (Fsp3) is 1.00. The minimum Gasteiger partial charge on any atom is -0.363 e. The maximum atomic E-state index is 8.86. The number of rotatable bonds is 2. The molecule has 66 valence electrons. The molecule has 6 heteroatoms. The molecule has 0 aromatic heterocycles. The normalized spacial score (nSPS) is 26.9. The van der Waals surface area contributed by atoms with E-state index in [9.17, 15) is 0 Å². The van der Waals surface area contributed by atoms with Crippen molar-refractivity contribution in [1.29, 1.82) is 0 Å². The zero-order valence-electron chi connectivity index (χ0n) is 6.06. The summed E-state index contributed by atoms with van der Waals surface area (Å²) < 4.78 is 5.18. The lowest BCUT2D eigenvalue weighted by Crippen LogP contribution is -2.32. The first-order valence-corrected chi connectivity index (χ1v) is 6.24. The van der Waals surface area contributed by atoms with E-state index in [-0.39, 0.29) is 6.23 Å². The monoisotopic (exact) mass is 197 g/mol. The van der Waals surface area contributed by atoms with Crippen LogP contribution in [0.4, 0.5) is 0 Å². The highest BCUT2D eigenvalue weighted by molar-refractivity contribution is 8.08. The Morgan fingerprint density at radius 2 is 2.18 bits per heavy atom. The Bertz CT molecular complexity index is 165. The highest BCUT2D eigenvalue weighted by atomic mass is 32.5. The molecule has 0 aliphatic carbocycles. The molecule has 1 aliphatic rings. The zero-order valence-corrected chi connectivity index (χ0v) is 7.77. The molecule has 1 rings (SSSR count). The zero-order chi connectivity index (χ0) is 8.32. The molecule has 1 aliphatic heterocycles. The van der Waals surface area contributed by atoms with E-state index in [0.717, 1.165) is 19.3 Å². The topological polar surface area (TPSA) is 61.7 Å². The van der Waals surface area contributed by atoms with E-state index >= 15 is 0 Å². The van der Waals surface area contributed by atoms with Gasteiger partial charge in [-0.05, 0) is 31.1 Å². The molecule has 1 saturated heterocycles. The van der Waals surface area contributed by atoms with Gasteiger partial charge in [-0.2, -0.15) is 0 Å². The van der Waals surface area contributed by atoms with Crippen LogP contribution in [0, 0.1) is 0 Å². The van der Waals surface area contributed by atoms with Crippen molar-refractivity contribution in [1.82, 2.24) is 5.09 Å². The van der Waals surface area contributed by atoms with Gasteiger partial charge in [-0.15, -0.1) is 0 Å². The Labute approximate surface area is 70.8 Å². The Morgan fingerprint density at radius 3 is 2.64 bits per heavy atom. The summed E-state index contributed by atoms with van der Waals surface area (Å²) in [4.78, 5) is 17.7. The Kier molecular flexibility index (Phi) is 3.43. The fourth-order valence-corrected chi connectivity index (χ4v) is 1.96. The standard InChI is InChI=1S/C5H12NO3PS/c7-10(8,11)6-5-3-1-2-4-9-5/h5H,1-4H2,(H3,6,7,8,11). The minimum absolute atomic E-state index is 0.260. The Balaban J connectivity index is 2.30. The molecule has 0 spiro atoms. The van der Waals surface area contributed by atoms with E-state index in [0.29, 0.717) is 6.61 Å². The molecule has 3 N–H and O–H groups in total. The number of nitrogens with one attached hydrogen (secondary N) is 1. The van der Waals surface area contributed by atoms with Gasteiger partial charge in [0.15, 0.2) is 0 Å². The second kappa shape index (κ2) is 3.94. The van der Waals surface area contributed by atoms with Crippen molar-refractivity contribution in [2.75, 3.05) is 6.61 Å². The molecule has 4 nitrogen and oxygen atoms in total. The molecule has 0 aromatic carbocycles. The lowest BCUT2D eigenvalue weighted by molar-refractivity contribution is 0.00718. The summed E-state index contributed by atoms with van der Waals surface area (Å²) in [5, 5.41) is 2.47. The van der Waals surface area contributed by atoms with Gasteiger partial charge < -0.3 is 14.5 Å². The van der Waals surface area contributed by atoms with Gasteiger partial charge in [-0.1, -0.05) is 0 Å². The number of ether oxygens (including phenoxy) is 1. The predicted octanol–water partition coefficient (Wildman–Crippen LogP) is 0.312. The SMILES string of the molecule is OP(O)(=S)NC1CCCCO1. The van der Waals surface area contributed by atoms with Crippen LogP contribution < -0.4 is 5.09 Å². The summed E-state index contributed by atoms with van der Waals surface area (Å²) in [6, 6.07) is 0. The van der Waals surface area contributed by atoms with Crippen LogP contribution in [0.25, 0.3) is 0 Å². The summed E-state index contributed by atoms with van der Waals surface area (Å²) in [6.45, 7) is -2.60. The van der Waals surface area contributed by atoms with E-state index in [2.05, 4.69) is 16.9 Å². The summed E-state index contributed by atoms with van der Waals surface area (Å²) in [5.41, 5.74) is 0. The Morgan fingerprint density at radius 1 is 1.45 bits per heavy atom. The van der Waals surface area contributed by atoms with E-state index in [1.165, 1.54) is 0 Å². The second-order valence-corrected chi connectivity index (χ2v) is 5.40. The summed E-state index contributed by atoms with van der Waals surface area (Å²) in [6.07, 6.45) is 2.63. The number of hydrogen-bond acceptors (Lipinski definition) is 2. The highest BCUT2D eigenvalue weighted by Gasteiger charge is 2.18. The third-order valence-corrected chi connectivity index (χ3v) is 2.43. The molecule has 1 fully saturated rings. The summed E-state index contributed by atoms with van der Waals surface area (Å²) in [5.74, 6) is 0. The Hall–Kier alpha value is 0.490. The van der Waals surface area contributed by atoms with Gasteiger partial charge in [0.1, 0.15) is 6.23 Å². The molecule has 1 unspecified atom stereocenters. The van der Waals surface area contributed by atoms with Gasteiger partial charge in [0.25, 0.3) is 6.64 Å². The second-order valence-electron chi connectivity index (χ2n) is 2.53. The van der Waals surface area contributed by atoms with Gasteiger partial charge in [0.05, 0.1) is 0 Å². The summed E-state index contributed by atoms with van der Waals surface area (Å²) >= 11 is 4.40. The highest BCUT2D eigenvalue weighted by Crippen LogP contribution is 2.31. The fourth-order valence-electron chi connectivity index (χ4n) is 1.03. The van der Waals surface area contributed by atoms with Crippen LogP contribution >= 0.6 is 6.64 Å². The predicted molar refractivity (Wildman–Crippen MR) is 45.4 cm³/mol. The van der Waals surface area contributed by atoms with E-state index in [1.807, 2.05) is 0 Å². The van der Waals surface area contributed by atoms with Crippen molar-refractivity contribution in [2.45, 2.75) is 25.5 Å². The lowest BCUT2D eigenvalue weighted by atomic mass is 10.2. The molecule has 1 heterocycles. The van der Waals surface area contributed by atoms with Gasteiger partial charge >= 0.3 is 0 Å². The van der Waals surface area contributed by atoms with Crippen molar-refractivity contribution in [2.24, 2.45) is 0 Å². The van der Waals surface area contributed by atoms with Crippen LogP contribution in [0.5, 0.6) is 0 Å². The molecule has 1 atom stereocenters. The van der Waals surface area contributed by atoms with Crippen LogP contribution in [-0.4, -0.2) is 22.6 Å². The molecule has 0 bridgehead atoms. The van der Waals surface area contributed by atoms with E-state index in [1.54, 1.807) is 0 Å². The van der Waals surface area contributed by atoms with E-state index in [4.69, 9.17) is 14.5 Å². The first-order valence-electron chi connectivity index (χ1n) is 3.53. The average Bonchev–Trinajstić information content (AvgIpc) is 1.85. The van der Waals surface area contributed by atoms with Gasteiger partial charge in [-0.3, -0.25) is 0 Å². The van der Waals surface area contributed by atoms with Crippen molar-refractivity contribution in [3.05, 3.63) is 0 Å². The number of hydrogen-bond donors (Lipinski definition) is 3. The smallest absolute Gasteiger partial charge is 0.258 e. The minimum atomic E-state index is -3.28. The molecule has 0 saturated carbocycles. The van der Waals surface area contributed by atoms with Crippen LogP contribution in [0.1, 0.15) is 19.3 Å². The van der Waals surface area contributed by atoms with Gasteiger partial charge in [0, 0.05) is 6.61 Å². The van der Waals surface area contributed by atoms with Crippen molar-refractivity contribution >= 4 is 18.4 Å². The van der Waals surface area contributed by atoms with Crippen LogP contribution in [0.15, 0.2) is 0 Å². The molecule has 0 aromatic rings. The van der Waals surface area contributed by atoms with E-state index < -0.39 is 6.64 Å². The summed E-state index contributed by atoms with van der Waals surface area (Å²) in [7, 11) is 0.